The molecule has 3 rings (SSSR count). The molecule has 1 aromatic heterocycles. The third kappa shape index (κ3) is 3.92. The number of amides is 1. The van der Waals surface area contributed by atoms with Crippen molar-refractivity contribution < 1.29 is 23.8 Å². The molecular formula is C20H19NO6. The standard InChI is InChI=1S/C20H19NO6/c1-20(2,3)27-19(25)21-16(17(22)23)11-8-9-13-12-6-4-5-7-14(12)18(24)26-15(13)10-11/h4-10,16H,1-3H3,(H,21,25)(H,22,23). The van der Waals surface area contributed by atoms with E-state index in [1.807, 2.05) is 0 Å². The fourth-order valence-corrected chi connectivity index (χ4v) is 2.79. The Morgan fingerprint density at radius 1 is 1.07 bits per heavy atom. The fraction of sp³-hybridized carbons (Fsp3) is 0.250. The lowest BCUT2D eigenvalue weighted by Gasteiger charge is -2.22. The van der Waals surface area contributed by atoms with E-state index >= 15 is 0 Å². The molecule has 140 valence electrons. The minimum absolute atomic E-state index is 0.244. The molecule has 2 aromatic carbocycles. The van der Waals surface area contributed by atoms with Crippen molar-refractivity contribution in [3.05, 3.63) is 58.4 Å². The highest BCUT2D eigenvalue weighted by Gasteiger charge is 2.26. The summed E-state index contributed by atoms with van der Waals surface area (Å²) in [6, 6.07) is 10.3. The number of rotatable bonds is 3. The number of hydrogen-bond acceptors (Lipinski definition) is 5. The first kappa shape index (κ1) is 18.4. The second-order valence-electron chi connectivity index (χ2n) is 7.11. The van der Waals surface area contributed by atoms with Gasteiger partial charge in [0.25, 0.3) is 0 Å². The Morgan fingerprint density at radius 3 is 2.37 bits per heavy atom. The largest absolute Gasteiger partial charge is 0.479 e. The molecule has 2 N–H and O–H groups in total. The minimum atomic E-state index is -1.35. The zero-order chi connectivity index (χ0) is 19.8. The van der Waals surface area contributed by atoms with Crippen molar-refractivity contribution in [3.63, 3.8) is 0 Å². The number of carbonyl (C=O) groups is 2. The molecule has 0 radical (unpaired) electrons. The third-order valence-corrected chi connectivity index (χ3v) is 3.89. The van der Waals surface area contributed by atoms with Gasteiger partial charge in [-0.1, -0.05) is 30.3 Å². The Hall–Kier alpha value is -3.35. The summed E-state index contributed by atoms with van der Waals surface area (Å²) < 4.78 is 10.5. The zero-order valence-electron chi connectivity index (χ0n) is 15.1. The average Bonchev–Trinajstić information content (AvgIpc) is 2.58. The molecule has 7 nitrogen and oxygen atoms in total. The van der Waals surface area contributed by atoms with Crippen LogP contribution in [0.3, 0.4) is 0 Å². The van der Waals surface area contributed by atoms with E-state index in [0.717, 1.165) is 0 Å². The van der Waals surface area contributed by atoms with Crippen molar-refractivity contribution >= 4 is 33.8 Å². The molecular weight excluding hydrogens is 350 g/mol. The van der Waals surface area contributed by atoms with Crippen LogP contribution in [0, 0.1) is 0 Å². The lowest BCUT2D eigenvalue weighted by atomic mass is 10.0. The molecule has 0 aliphatic heterocycles. The van der Waals surface area contributed by atoms with Gasteiger partial charge in [0.15, 0.2) is 6.04 Å². The summed E-state index contributed by atoms with van der Waals surface area (Å²) in [5.41, 5.74) is -0.766. The highest BCUT2D eigenvalue weighted by atomic mass is 16.6. The number of nitrogens with one attached hydrogen (secondary N) is 1. The van der Waals surface area contributed by atoms with Gasteiger partial charge in [0.2, 0.25) is 0 Å². The second kappa shape index (κ2) is 6.75. The first-order chi connectivity index (χ1) is 12.7. The summed E-state index contributed by atoms with van der Waals surface area (Å²) in [6.07, 6.45) is -0.852. The van der Waals surface area contributed by atoms with Crippen LogP contribution in [0.5, 0.6) is 0 Å². The normalized spacial score (nSPS) is 12.7. The number of alkyl carbamates (subject to hydrolysis) is 1. The third-order valence-electron chi connectivity index (χ3n) is 3.89. The maximum atomic E-state index is 12.2. The van der Waals surface area contributed by atoms with Gasteiger partial charge in [-0.3, -0.25) is 0 Å². The molecule has 0 fully saturated rings. The molecule has 0 spiro atoms. The van der Waals surface area contributed by atoms with Gasteiger partial charge in [0.1, 0.15) is 11.2 Å². The zero-order valence-corrected chi connectivity index (χ0v) is 15.1. The van der Waals surface area contributed by atoms with Gasteiger partial charge < -0.3 is 19.6 Å². The van der Waals surface area contributed by atoms with Crippen LogP contribution in [0.2, 0.25) is 0 Å². The van der Waals surface area contributed by atoms with E-state index in [2.05, 4.69) is 5.32 Å². The van der Waals surface area contributed by atoms with Crippen LogP contribution in [0.25, 0.3) is 21.7 Å². The average molecular weight is 369 g/mol. The van der Waals surface area contributed by atoms with Gasteiger partial charge in [-0.15, -0.1) is 0 Å². The maximum Gasteiger partial charge on any atom is 0.408 e. The number of benzene rings is 2. The first-order valence-corrected chi connectivity index (χ1v) is 8.33. The van der Waals surface area contributed by atoms with E-state index < -0.39 is 29.3 Å². The van der Waals surface area contributed by atoms with Crippen molar-refractivity contribution in [3.8, 4) is 0 Å². The highest BCUT2D eigenvalue weighted by molar-refractivity contribution is 6.04. The van der Waals surface area contributed by atoms with E-state index in [-0.39, 0.29) is 11.1 Å². The number of ether oxygens (including phenoxy) is 1. The van der Waals surface area contributed by atoms with Crippen LogP contribution in [0.1, 0.15) is 32.4 Å². The summed E-state index contributed by atoms with van der Waals surface area (Å²) in [4.78, 5) is 35.8. The molecule has 27 heavy (non-hydrogen) atoms. The highest BCUT2D eigenvalue weighted by Crippen LogP contribution is 2.26. The Labute approximate surface area is 154 Å². The molecule has 7 heteroatoms. The summed E-state index contributed by atoms with van der Waals surface area (Å²) in [7, 11) is 0. The fourth-order valence-electron chi connectivity index (χ4n) is 2.79. The molecule has 0 bridgehead atoms. The predicted molar refractivity (Wildman–Crippen MR) is 99.7 cm³/mol. The van der Waals surface area contributed by atoms with Crippen LogP contribution in [-0.2, 0) is 9.53 Å². The summed E-state index contributed by atoms with van der Waals surface area (Å²) >= 11 is 0. The Kier molecular flexibility index (Phi) is 4.61. The Morgan fingerprint density at radius 2 is 1.74 bits per heavy atom. The summed E-state index contributed by atoms with van der Waals surface area (Å²) in [6.45, 7) is 5.04. The van der Waals surface area contributed by atoms with Gasteiger partial charge in [-0.05, 0) is 43.9 Å². The summed E-state index contributed by atoms with van der Waals surface area (Å²) in [5, 5.41) is 13.7. The lowest BCUT2D eigenvalue weighted by Crippen LogP contribution is -2.38. The molecule has 1 heterocycles. The van der Waals surface area contributed by atoms with E-state index in [1.54, 1.807) is 57.2 Å². The number of hydrogen-bond donors (Lipinski definition) is 2. The van der Waals surface area contributed by atoms with E-state index in [9.17, 15) is 19.5 Å². The minimum Gasteiger partial charge on any atom is -0.479 e. The van der Waals surface area contributed by atoms with Crippen LogP contribution in [-0.4, -0.2) is 22.8 Å². The number of fused-ring (bicyclic) bond motifs is 3. The topological polar surface area (TPSA) is 106 Å². The van der Waals surface area contributed by atoms with Crippen molar-refractivity contribution in [2.24, 2.45) is 0 Å². The van der Waals surface area contributed by atoms with Gasteiger partial charge in [0.05, 0.1) is 5.39 Å². The predicted octanol–water partition coefficient (Wildman–Crippen LogP) is 3.60. The van der Waals surface area contributed by atoms with Crippen molar-refractivity contribution in [1.29, 1.82) is 0 Å². The van der Waals surface area contributed by atoms with Gasteiger partial charge >= 0.3 is 17.7 Å². The first-order valence-electron chi connectivity index (χ1n) is 8.33. The number of carbonyl (C=O) groups excluding carboxylic acids is 1. The SMILES string of the molecule is CC(C)(C)OC(=O)NC(C(=O)O)c1ccc2c(c1)oc(=O)c1ccccc12. The molecule has 0 aliphatic rings. The van der Waals surface area contributed by atoms with Gasteiger partial charge in [-0.2, -0.15) is 0 Å². The molecule has 0 saturated carbocycles. The molecule has 0 saturated heterocycles. The molecule has 1 unspecified atom stereocenters. The maximum absolute atomic E-state index is 12.2. The number of aliphatic carboxylic acids is 1. The van der Waals surface area contributed by atoms with Crippen molar-refractivity contribution in [2.75, 3.05) is 0 Å². The lowest BCUT2D eigenvalue weighted by molar-refractivity contribution is -0.139. The quantitative estimate of drug-likeness (QED) is 0.540. The van der Waals surface area contributed by atoms with Gasteiger partial charge in [-0.25, -0.2) is 14.4 Å². The van der Waals surface area contributed by atoms with Crippen LogP contribution < -0.4 is 10.9 Å². The second-order valence-corrected chi connectivity index (χ2v) is 7.11. The van der Waals surface area contributed by atoms with Crippen molar-refractivity contribution in [1.82, 2.24) is 5.32 Å². The van der Waals surface area contributed by atoms with E-state index in [4.69, 9.17) is 9.15 Å². The number of carboxylic acid groups (broad SMARTS) is 1. The van der Waals surface area contributed by atoms with Crippen molar-refractivity contribution in [2.45, 2.75) is 32.4 Å². The van der Waals surface area contributed by atoms with Crippen LogP contribution in [0.15, 0.2) is 51.7 Å². The Balaban J connectivity index is 2.04. The Bertz CT molecular complexity index is 1090. The summed E-state index contributed by atoms with van der Waals surface area (Å²) in [5.74, 6) is -1.26. The van der Waals surface area contributed by atoms with Crippen LogP contribution >= 0.6 is 0 Å². The van der Waals surface area contributed by atoms with Gasteiger partial charge in [0, 0.05) is 5.39 Å². The molecule has 1 atom stereocenters. The van der Waals surface area contributed by atoms with E-state index in [1.165, 1.54) is 6.07 Å². The monoisotopic (exact) mass is 369 g/mol. The number of carboxylic acids is 1. The van der Waals surface area contributed by atoms with E-state index in [0.29, 0.717) is 16.2 Å². The van der Waals surface area contributed by atoms with Crippen LogP contribution in [0.4, 0.5) is 4.79 Å². The molecule has 0 aliphatic carbocycles. The smallest absolute Gasteiger partial charge is 0.408 e. The molecule has 3 aromatic rings. The molecule has 1 amide bonds.